The van der Waals surface area contributed by atoms with Gasteiger partial charge in [0, 0.05) is 17.5 Å². The van der Waals surface area contributed by atoms with Crippen molar-refractivity contribution in [2.45, 2.75) is 19.9 Å². The number of amides is 1. The maximum Gasteiger partial charge on any atom is 0.337 e. The lowest BCUT2D eigenvalue weighted by Crippen LogP contribution is -2.23. The number of nitrogens with zero attached hydrogens (tertiary/aromatic N) is 3. The van der Waals surface area contributed by atoms with E-state index >= 15 is 0 Å². The van der Waals surface area contributed by atoms with Crippen molar-refractivity contribution in [1.82, 2.24) is 5.32 Å². The SMILES string of the molecule is COC(=O)c1ccc(C(C)NC(C)=O)c(N=[N+]=[N-])c1. The van der Waals surface area contributed by atoms with Crippen molar-refractivity contribution in [3.63, 3.8) is 0 Å². The van der Waals surface area contributed by atoms with E-state index in [1.165, 1.54) is 20.1 Å². The van der Waals surface area contributed by atoms with Crippen LogP contribution in [-0.4, -0.2) is 19.0 Å². The second kappa shape index (κ2) is 6.42. The van der Waals surface area contributed by atoms with Crippen molar-refractivity contribution in [2.24, 2.45) is 5.11 Å². The number of hydrogen-bond donors (Lipinski definition) is 1. The Labute approximate surface area is 110 Å². The van der Waals surface area contributed by atoms with Gasteiger partial charge in [0.05, 0.1) is 18.7 Å². The number of carbonyl (C=O) groups is 2. The molecule has 0 saturated carbocycles. The Balaban J connectivity index is 3.21. The molecule has 0 aliphatic rings. The molecule has 1 unspecified atom stereocenters. The van der Waals surface area contributed by atoms with E-state index in [1.807, 2.05) is 0 Å². The number of hydrogen-bond acceptors (Lipinski definition) is 4. The summed E-state index contributed by atoms with van der Waals surface area (Å²) in [6.45, 7) is 3.15. The molecule has 1 amide bonds. The third-order valence-corrected chi connectivity index (χ3v) is 2.49. The Morgan fingerprint density at radius 2 is 2.16 bits per heavy atom. The van der Waals surface area contributed by atoms with E-state index in [9.17, 15) is 9.59 Å². The lowest BCUT2D eigenvalue weighted by Gasteiger charge is -2.15. The van der Waals surface area contributed by atoms with Gasteiger partial charge in [-0.1, -0.05) is 11.2 Å². The summed E-state index contributed by atoms with van der Waals surface area (Å²) in [6.07, 6.45) is 0. The Bertz CT molecular complexity index is 550. The van der Waals surface area contributed by atoms with Crippen LogP contribution < -0.4 is 5.32 Å². The summed E-state index contributed by atoms with van der Waals surface area (Å²) in [5.74, 6) is -0.718. The van der Waals surface area contributed by atoms with E-state index in [-0.39, 0.29) is 23.2 Å². The standard InChI is InChI=1S/C12H14N4O3/c1-7(14-8(2)17)10-5-4-9(12(18)19-3)6-11(10)15-16-13/h4-7H,1-3H3,(H,14,17). The van der Waals surface area contributed by atoms with E-state index in [1.54, 1.807) is 19.1 Å². The summed E-state index contributed by atoms with van der Waals surface area (Å²) in [7, 11) is 1.27. The average Bonchev–Trinajstić information content (AvgIpc) is 2.37. The summed E-state index contributed by atoms with van der Waals surface area (Å²) in [5.41, 5.74) is 9.74. The average molecular weight is 262 g/mol. The molecule has 1 atom stereocenters. The zero-order valence-electron chi connectivity index (χ0n) is 10.9. The van der Waals surface area contributed by atoms with Crippen LogP contribution in [0.1, 0.15) is 35.8 Å². The molecule has 0 fully saturated rings. The van der Waals surface area contributed by atoms with Gasteiger partial charge in [0.25, 0.3) is 0 Å². The number of rotatable bonds is 4. The second-order valence-electron chi connectivity index (χ2n) is 3.88. The first kappa shape index (κ1) is 14.5. The van der Waals surface area contributed by atoms with Gasteiger partial charge in [0.1, 0.15) is 0 Å². The third-order valence-electron chi connectivity index (χ3n) is 2.49. The van der Waals surface area contributed by atoms with Crippen LogP contribution in [0.15, 0.2) is 23.3 Å². The normalized spacial score (nSPS) is 11.1. The van der Waals surface area contributed by atoms with Gasteiger partial charge in [0.2, 0.25) is 5.91 Å². The third kappa shape index (κ3) is 3.72. The van der Waals surface area contributed by atoms with Crippen molar-refractivity contribution in [3.8, 4) is 0 Å². The highest BCUT2D eigenvalue weighted by Crippen LogP contribution is 2.27. The molecular weight excluding hydrogens is 248 g/mol. The molecule has 0 spiro atoms. The van der Waals surface area contributed by atoms with Gasteiger partial charge in [-0.15, -0.1) is 0 Å². The fraction of sp³-hybridized carbons (Fsp3) is 0.333. The summed E-state index contributed by atoms with van der Waals surface area (Å²) >= 11 is 0. The molecule has 100 valence electrons. The summed E-state index contributed by atoms with van der Waals surface area (Å²) in [5, 5.41) is 6.22. The highest BCUT2D eigenvalue weighted by molar-refractivity contribution is 5.90. The monoisotopic (exact) mass is 262 g/mol. The number of carbonyl (C=O) groups excluding carboxylic acids is 2. The fourth-order valence-electron chi connectivity index (χ4n) is 1.67. The number of nitrogens with one attached hydrogen (secondary N) is 1. The van der Waals surface area contributed by atoms with E-state index in [4.69, 9.17) is 5.53 Å². The van der Waals surface area contributed by atoms with Gasteiger partial charge in [-0.2, -0.15) is 0 Å². The molecule has 7 heteroatoms. The van der Waals surface area contributed by atoms with Crippen molar-refractivity contribution in [1.29, 1.82) is 0 Å². The van der Waals surface area contributed by atoms with Crippen LogP contribution in [0.25, 0.3) is 10.4 Å². The number of methoxy groups -OCH3 is 1. The van der Waals surface area contributed by atoms with Gasteiger partial charge in [-0.25, -0.2) is 4.79 Å². The Morgan fingerprint density at radius 3 is 2.68 bits per heavy atom. The van der Waals surface area contributed by atoms with Gasteiger partial charge < -0.3 is 10.1 Å². The van der Waals surface area contributed by atoms with Crippen LogP contribution in [0.2, 0.25) is 0 Å². The molecule has 0 radical (unpaired) electrons. The van der Waals surface area contributed by atoms with Crippen LogP contribution in [0.5, 0.6) is 0 Å². The predicted molar refractivity (Wildman–Crippen MR) is 68.8 cm³/mol. The first-order chi connectivity index (χ1) is 8.99. The molecule has 0 aliphatic heterocycles. The van der Waals surface area contributed by atoms with Crippen LogP contribution in [0.4, 0.5) is 5.69 Å². The molecule has 0 saturated heterocycles. The zero-order valence-corrected chi connectivity index (χ0v) is 10.9. The lowest BCUT2D eigenvalue weighted by molar-refractivity contribution is -0.119. The number of benzene rings is 1. The van der Waals surface area contributed by atoms with E-state index in [0.29, 0.717) is 5.56 Å². The molecular formula is C12H14N4O3. The van der Waals surface area contributed by atoms with Gasteiger partial charge >= 0.3 is 5.97 Å². The molecule has 0 aliphatic carbocycles. The highest BCUT2D eigenvalue weighted by Gasteiger charge is 2.14. The molecule has 7 nitrogen and oxygen atoms in total. The first-order valence-corrected chi connectivity index (χ1v) is 5.54. The molecule has 0 heterocycles. The molecule has 0 bridgehead atoms. The molecule has 1 aromatic rings. The Morgan fingerprint density at radius 1 is 1.47 bits per heavy atom. The quantitative estimate of drug-likeness (QED) is 0.390. The minimum Gasteiger partial charge on any atom is -0.465 e. The van der Waals surface area contributed by atoms with Crippen LogP contribution in [0.3, 0.4) is 0 Å². The van der Waals surface area contributed by atoms with Crippen LogP contribution in [0, 0.1) is 0 Å². The zero-order chi connectivity index (χ0) is 14.4. The maximum absolute atomic E-state index is 11.4. The van der Waals surface area contributed by atoms with Crippen LogP contribution in [-0.2, 0) is 9.53 Å². The minimum atomic E-state index is -0.520. The molecule has 1 rings (SSSR count). The maximum atomic E-state index is 11.4. The Hall–Kier alpha value is -2.53. The smallest absolute Gasteiger partial charge is 0.337 e. The second-order valence-corrected chi connectivity index (χ2v) is 3.88. The number of azide groups is 1. The fourth-order valence-corrected chi connectivity index (χ4v) is 1.67. The first-order valence-electron chi connectivity index (χ1n) is 5.54. The molecule has 0 aromatic heterocycles. The number of ether oxygens (including phenoxy) is 1. The number of esters is 1. The predicted octanol–water partition coefficient (Wildman–Crippen LogP) is 2.61. The summed E-state index contributed by atoms with van der Waals surface area (Å²) < 4.78 is 4.59. The van der Waals surface area contributed by atoms with Crippen molar-refractivity contribution in [2.75, 3.05) is 7.11 Å². The van der Waals surface area contributed by atoms with E-state index < -0.39 is 5.97 Å². The van der Waals surface area contributed by atoms with Crippen molar-refractivity contribution < 1.29 is 14.3 Å². The lowest BCUT2D eigenvalue weighted by atomic mass is 10.0. The molecule has 1 aromatic carbocycles. The van der Waals surface area contributed by atoms with E-state index in [0.717, 1.165) is 0 Å². The van der Waals surface area contributed by atoms with Crippen LogP contribution >= 0.6 is 0 Å². The van der Waals surface area contributed by atoms with Crippen molar-refractivity contribution in [3.05, 3.63) is 39.8 Å². The largest absolute Gasteiger partial charge is 0.465 e. The van der Waals surface area contributed by atoms with Gasteiger partial charge in [-0.3, -0.25) is 4.79 Å². The molecule has 1 N–H and O–H groups in total. The highest BCUT2D eigenvalue weighted by atomic mass is 16.5. The van der Waals surface area contributed by atoms with Gasteiger partial charge in [-0.05, 0) is 30.2 Å². The van der Waals surface area contributed by atoms with Crippen molar-refractivity contribution >= 4 is 17.6 Å². The topological polar surface area (TPSA) is 104 Å². The van der Waals surface area contributed by atoms with Gasteiger partial charge in [0.15, 0.2) is 0 Å². The molecule has 19 heavy (non-hydrogen) atoms. The Kier molecular flexibility index (Phi) is 4.91. The van der Waals surface area contributed by atoms with E-state index in [2.05, 4.69) is 20.1 Å². The minimum absolute atomic E-state index is 0.198. The summed E-state index contributed by atoms with van der Waals surface area (Å²) in [6, 6.07) is 4.27. The summed E-state index contributed by atoms with van der Waals surface area (Å²) in [4.78, 5) is 25.1.